The Labute approximate surface area is 75.5 Å². The van der Waals surface area contributed by atoms with E-state index in [-0.39, 0.29) is 5.54 Å². The van der Waals surface area contributed by atoms with Crippen LogP contribution in [0.2, 0.25) is 0 Å². The van der Waals surface area contributed by atoms with E-state index in [0.717, 1.165) is 25.4 Å². The summed E-state index contributed by atoms with van der Waals surface area (Å²) >= 11 is 0. The lowest BCUT2D eigenvalue weighted by molar-refractivity contribution is 0.188. The zero-order valence-electron chi connectivity index (χ0n) is 8.31. The Morgan fingerprint density at radius 1 is 1.58 bits per heavy atom. The van der Waals surface area contributed by atoms with Gasteiger partial charge in [-0.05, 0) is 31.6 Å². The van der Waals surface area contributed by atoms with Gasteiger partial charge in [-0.2, -0.15) is 0 Å². The molecular weight excluding hydrogens is 150 g/mol. The summed E-state index contributed by atoms with van der Waals surface area (Å²) in [6.07, 6.45) is 6.08. The number of ether oxygens (including phenoxy) is 1. The second-order valence-electron chi connectivity index (χ2n) is 4.02. The van der Waals surface area contributed by atoms with Gasteiger partial charge in [0.15, 0.2) is 0 Å². The lowest BCUT2D eigenvalue weighted by Crippen LogP contribution is -2.25. The first-order valence-electron chi connectivity index (χ1n) is 5.00. The van der Waals surface area contributed by atoms with E-state index >= 15 is 0 Å². The molecule has 0 spiro atoms. The fraction of sp³-hybridized carbons (Fsp3) is 1.00. The van der Waals surface area contributed by atoms with Crippen LogP contribution >= 0.6 is 0 Å². The maximum Gasteiger partial charge on any atom is 0.0462 e. The van der Waals surface area contributed by atoms with E-state index in [0.29, 0.717) is 0 Å². The Morgan fingerprint density at radius 2 is 2.33 bits per heavy atom. The van der Waals surface area contributed by atoms with Crippen molar-refractivity contribution in [1.29, 1.82) is 0 Å². The van der Waals surface area contributed by atoms with Crippen LogP contribution in [-0.2, 0) is 4.74 Å². The zero-order valence-corrected chi connectivity index (χ0v) is 8.31. The van der Waals surface area contributed by atoms with E-state index in [1.807, 2.05) is 0 Å². The van der Waals surface area contributed by atoms with E-state index in [2.05, 4.69) is 6.92 Å². The van der Waals surface area contributed by atoms with Crippen molar-refractivity contribution in [3.05, 3.63) is 0 Å². The molecule has 2 unspecified atom stereocenters. The molecule has 0 amide bonds. The van der Waals surface area contributed by atoms with Crippen LogP contribution in [0.1, 0.15) is 39.0 Å². The van der Waals surface area contributed by atoms with Crippen molar-refractivity contribution >= 4 is 0 Å². The smallest absolute Gasteiger partial charge is 0.0462 e. The number of nitrogens with two attached hydrogens (primary N) is 1. The molecule has 2 atom stereocenters. The van der Waals surface area contributed by atoms with Gasteiger partial charge >= 0.3 is 0 Å². The molecule has 0 bridgehead atoms. The second kappa shape index (κ2) is 4.24. The molecule has 0 aromatic rings. The van der Waals surface area contributed by atoms with Crippen LogP contribution in [-0.4, -0.2) is 19.3 Å². The number of hydrogen-bond donors (Lipinski definition) is 1. The lowest BCUT2D eigenvalue weighted by atomic mass is 10.1. The molecule has 0 radical (unpaired) electrons. The van der Waals surface area contributed by atoms with Crippen LogP contribution in [0.15, 0.2) is 0 Å². The minimum Gasteiger partial charge on any atom is -0.385 e. The van der Waals surface area contributed by atoms with Crippen molar-refractivity contribution in [3.8, 4) is 0 Å². The Morgan fingerprint density at radius 3 is 2.92 bits per heavy atom. The van der Waals surface area contributed by atoms with Crippen LogP contribution in [0.4, 0.5) is 0 Å². The third kappa shape index (κ3) is 2.46. The molecule has 0 saturated heterocycles. The summed E-state index contributed by atoms with van der Waals surface area (Å²) in [6, 6.07) is 0. The van der Waals surface area contributed by atoms with E-state index in [4.69, 9.17) is 10.5 Å². The Balaban J connectivity index is 2.08. The normalized spacial score (nSPS) is 33.8. The number of hydrogen-bond acceptors (Lipinski definition) is 2. The predicted octanol–water partition coefficient (Wildman–Crippen LogP) is 1.93. The van der Waals surface area contributed by atoms with E-state index in [1.54, 1.807) is 7.11 Å². The Kier molecular flexibility index (Phi) is 3.53. The van der Waals surface area contributed by atoms with Crippen LogP contribution in [0.3, 0.4) is 0 Å². The van der Waals surface area contributed by atoms with Gasteiger partial charge in [0.2, 0.25) is 0 Å². The van der Waals surface area contributed by atoms with Gasteiger partial charge in [-0.1, -0.05) is 13.3 Å². The Hall–Kier alpha value is -0.0800. The van der Waals surface area contributed by atoms with Gasteiger partial charge in [0.05, 0.1) is 0 Å². The van der Waals surface area contributed by atoms with Crippen molar-refractivity contribution in [2.45, 2.75) is 44.6 Å². The lowest BCUT2D eigenvalue weighted by Gasteiger charge is -2.10. The quantitative estimate of drug-likeness (QED) is 0.620. The van der Waals surface area contributed by atoms with Gasteiger partial charge in [-0.15, -0.1) is 0 Å². The molecular formula is C10H21NO. The average Bonchev–Trinajstić information content (AvgIpc) is 2.64. The van der Waals surface area contributed by atoms with Crippen molar-refractivity contribution in [2.24, 2.45) is 11.7 Å². The van der Waals surface area contributed by atoms with Crippen LogP contribution in [0.5, 0.6) is 0 Å². The molecule has 0 heterocycles. The van der Waals surface area contributed by atoms with Crippen LogP contribution < -0.4 is 5.73 Å². The molecule has 1 saturated carbocycles. The molecule has 0 aliphatic heterocycles. The molecule has 0 aromatic carbocycles. The molecule has 1 rings (SSSR count). The fourth-order valence-electron chi connectivity index (χ4n) is 1.99. The first-order chi connectivity index (χ1) is 5.73. The monoisotopic (exact) mass is 171 g/mol. The first-order valence-corrected chi connectivity index (χ1v) is 5.00. The third-order valence-corrected chi connectivity index (χ3v) is 2.91. The van der Waals surface area contributed by atoms with Crippen molar-refractivity contribution < 1.29 is 4.74 Å². The topological polar surface area (TPSA) is 35.2 Å². The molecule has 1 aliphatic carbocycles. The maximum absolute atomic E-state index is 6.16. The number of methoxy groups -OCH3 is 1. The molecule has 0 aromatic heterocycles. The van der Waals surface area contributed by atoms with Crippen LogP contribution in [0, 0.1) is 5.92 Å². The second-order valence-corrected chi connectivity index (χ2v) is 4.02. The highest BCUT2D eigenvalue weighted by Crippen LogP contribution is 2.47. The summed E-state index contributed by atoms with van der Waals surface area (Å²) in [6.45, 7) is 3.09. The van der Waals surface area contributed by atoms with Gasteiger partial charge in [0.1, 0.15) is 0 Å². The van der Waals surface area contributed by atoms with E-state index in [9.17, 15) is 0 Å². The summed E-state index contributed by atoms with van der Waals surface area (Å²) in [5.74, 6) is 0.805. The highest BCUT2D eigenvalue weighted by atomic mass is 16.5. The van der Waals surface area contributed by atoms with E-state index < -0.39 is 0 Å². The number of rotatable bonds is 6. The third-order valence-electron chi connectivity index (χ3n) is 2.91. The highest BCUT2D eigenvalue weighted by Gasteiger charge is 2.48. The molecule has 2 N–H and O–H groups in total. The molecule has 1 aliphatic rings. The minimum absolute atomic E-state index is 0.189. The predicted molar refractivity (Wildman–Crippen MR) is 51.0 cm³/mol. The van der Waals surface area contributed by atoms with Crippen molar-refractivity contribution in [1.82, 2.24) is 0 Å². The maximum atomic E-state index is 6.16. The minimum atomic E-state index is 0.189. The zero-order chi connectivity index (χ0) is 9.03. The van der Waals surface area contributed by atoms with Crippen molar-refractivity contribution in [3.63, 3.8) is 0 Å². The van der Waals surface area contributed by atoms with Gasteiger partial charge in [-0.3, -0.25) is 0 Å². The molecule has 2 heteroatoms. The molecule has 2 nitrogen and oxygen atoms in total. The molecule has 1 fully saturated rings. The van der Waals surface area contributed by atoms with Crippen LogP contribution in [0.25, 0.3) is 0 Å². The summed E-state index contributed by atoms with van der Waals surface area (Å²) in [5.41, 5.74) is 6.35. The summed E-state index contributed by atoms with van der Waals surface area (Å²) in [7, 11) is 1.75. The van der Waals surface area contributed by atoms with Crippen molar-refractivity contribution in [2.75, 3.05) is 13.7 Å². The van der Waals surface area contributed by atoms with Gasteiger partial charge in [0.25, 0.3) is 0 Å². The summed E-state index contributed by atoms with van der Waals surface area (Å²) < 4.78 is 5.00. The van der Waals surface area contributed by atoms with E-state index in [1.165, 1.54) is 19.3 Å². The average molecular weight is 171 g/mol. The first kappa shape index (κ1) is 10.0. The standard InChI is InChI=1S/C10H21NO/c1-3-5-9-8-10(9,11)6-4-7-12-2/h9H,3-8,11H2,1-2H3. The molecule has 72 valence electrons. The molecule has 12 heavy (non-hydrogen) atoms. The van der Waals surface area contributed by atoms with Gasteiger partial charge in [-0.25, -0.2) is 0 Å². The van der Waals surface area contributed by atoms with Gasteiger partial charge < -0.3 is 10.5 Å². The largest absolute Gasteiger partial charge is 0.385 e. The summed E-state index contributed by atoms with van der Waals surface area (Å²) in [5, 5.41) is 0. The Bertz CT molecular complexity index is 138. The fourth-order valence-corrected chi connectivity index (χ4v) is 1.99. The SMILES string of the molecule is CCCC1CC1(N)CCCOC. The van der Waals surface area contributed by atoms with Gasteiger partial charge in [0, 0.05) is 19.3 Å². The highest BCUT2D eigenvalue weighted by molar-refractivity contribution is 5.06. The summed E-state index contributed by atoms with van der Waals surface area (Å²) in [4.78, 5) is 0.